The zero-order valence-electron chi connectivity index (χ0n) is 18.0. The molecule has 1 N–H and O–H groups in total. The minimum atomic E-state index is -0.422. The Labute approximate surface area is 183 Å². The Morgan fingerprint density at radius 1 is 1.03 bits per heavy atom. The average molecular weight is 442 g/mol. The van der Waals surface area contributed by atoms with E-state index in [0.29, 0.717) is 28.1 Å². The van der Waals surface area contributed by atoms with Crippen LogP contribution in [0.3, 0.4) is 0 Å². The molecule has 29 heavy (non-hydrogen) atoms. The molecule has 0 bridgehead atoms. The predicted octanol–water partition coefficient (Wildman–Crippen LogP) is 7.02. The van der Waals surface area contributed by atoms with Crippen LogP contribution in [0.4, 0.5) is 4.39 Å². The van der Waals surface area contributed by atoms with Gasteiger partial charge in [-0.05, 0) is 55.5 Å². The highest BCUT2D eigenvalue weighted by atomic mass is 35.5. The van der Waals surface area contributed by atoms with Gasteiger partial charge in [-0.1, -0.05) is 50.0 Å². The Bertz CT molecular complexity index is 827. The number of halogens is 3. The van der Waals surface area contributed by atoms with Crippen molar-refractivity contribution in [3.05, 3.63) is 57.3 Å². The van der Waals surface area contributed by atoms with Crippen molar-refractivity contribution in [2.75, 3.05) is 7.11 Å². The molecule has 0 fully saturated rings. The van der Waals surface area contributed by atoms with Gasteiger partial charge in [-0.3, -0.25) is 0 Å². The van der Waals surface area contributed by atoms with Crippen molar-refractivity contribution in [2.45, 2.75) is 59.7 Å². The number of hydrogen-bond donors (Lipinski definition) is 1. The van der Waals surface area contributed by atoms with E-state index >= 15 is 0 Å². The fourth-order valence-corrected chi connectivity index (χ4v) is 4.06. The van der Waals surface area contributed by atoms with E-state index in [2.05, 4.69) is 39.9 Å². The van der Waals surface area contributed by atoms with Gasteiger partial charge >= 0.3 is 0 Å². The lowest BCUT2D eigenvalue weighted by molar-refractivity contribution is 0.240. The summed E-state index contributed by atoms with van der Waals surface area (Å²) in [5, 5.41) is 4.29. The van der Waals surface area contributed by atoms with Gasteiger partial charge in [-0.2, -0.15) is 0 Å². The molecule has 0 radical (unpaired) electrons. The Morgan fingerprint density at radius 2 is 1.72 bits per heavy atom. The summed E-state index contributed by atoms with van der Waals surface area (Å²) in [6, 6.07) is 8.23. The van der Waals surface area contributed by atoms with Gasteiger partial charge in [0.25, 0.3) is 0 Å². The first-order valence-corrected chi connectivity index (χ1v) is 10.3. The summed E-state index contributed by atoms with van der Waals surface area (Å²) in [6.45, 7) is 11.6. The zero-order valence-corrected chi connectivity index (χ0v) is 19.5. The standard InChI is InChI=1S/C23H30Cl2FNO2/c1-22(2,3)14-23(4,5)27-12-15-10-18(25)21(20(11-15)28-6)29-13-16-17(24)8-7-9-19(16)26/h7-11,27H,12-14H2,1-6H3. The Balaban J connectivity index is 2.15. The molecule has 2 aromatic carbocycles. The second kappa shape index (κ2) is 9.55. The highest BCUT2D eigenvalue weighted by Crippen LogP contribution is 2.38. The molecule has 0 atom stereocenters. The van der Waals surface area contributed by atoms with Crippen LogP contribution < -0.4 is 14.8 Å². The Hall–Kier alpha value is -1.49. The Kier molecular flexibility index (Phi) is 7.83. The molecule has 0 saturated carbocycles. The molecular formula is C23H30Cl2FNO2. The van der Waals surface area contributed by atoms with Crippen LogP contribution in [0.1, 0.15) is 52.2 Å². The van der Waals surface area contributed by atoms with E-state index in [-0.39, 0.29) is 23.1 Å². The van der Waals surface area contributed by atoms with Gasteiger partial charge in [0, 0.05) is 17.6 Å². The van der Waals surface area contributed by atoms with E-state index in [1.165, 1.54) is 6.07 Å². The van der Waals surface area contributed by atoms with Crippen LogP contribution in [0.15, 0.2) is 30.3 Å². The molecule has 0 aliphatic heterocycles. The summed E-state index contributed by atoms with van der Waals surface area (Å²) < 4.78 is 25.2. The smallest absolute Gasteiger partial charge is 0.180 e. The first-order valence-electron chi connectivity index (χ1n) is 9.59. The van der Waals surface area contributed by atoms with Gasteiger partial charge in [0.1, 0.15) is 12.4 Å². The van der Waals surface area contributed by atoms with Crippen molar-refractivity contribution in [2.24, 2.45) is 5.41 Å². The van der Waals surface area contributed by atoms with Gasteiger partial charge in [-0.15, -0.1) is 0 Å². The van der Waals surface area contributed by atoms with Crippen LogP contribution in [0.2, 0.25) is 10.0 Å². The van der Waals surface area contributed by atoms with Crippen LogP contribution in [0, 0.1) is 11.2 Å². The van der Waals surface area contributed by atoms with Crippen molar-refractivity contribution in [1.29, 1.82) is 0 Å². The van der Waals surface area contributed by atoms with Gasteiger partial charge in [-0.25, -0.2) is 4.39 Å². The lowest BCUT2D eigenvalue weighted by Crippen LogP contribution is -2.41. The highest BCUT2D eigenvalue weighted by Gasteiger charge is 2.25. The maximum Gasteiger partial charge on any atom is 0.180 e. The zero-order chi connectivity index (χ0) is 21.8. The fourth-order valence-electron chi connectivity index (χ4n) is 3.56. The lowest BCUT2D eigenvalue weighted by atomic mass is 9.82. The third-order valence-electron chi connectivity index (χ3n) is 4.46. The molecule has 0 unspecified atom stereocenters. The number of nitrogens with one attached hydrogen (secondary N) is 1. The average Bonchev–Trinajstić information content (AvgIpc) is 2.58. The van der Waals surface area contributed by atoms with Crippen LogP contribution in [-0.2, 0) is 13.2 Å². The van der Waals surface area contributed by atoms with Crippen molar-refractivity contribution >= 4 is 23.2 Å². The van der Waals surface area contributed by atoms with Crippen LogP contribution in [0.25, 0.3) is 0 Å². The molecule has 0 saturated heterocycles. The quantitative estimate of drug-likeness (QED) is 0.476. The van der Waals surface area contributed by atoms with Crippen molar-refractivity contribution in [3.63, 3.8) is 0 Å². The number of rotatable bonds is 8. The monoisotopic (exact) mass is 441 g/mol. The molecule has 2 aromatic rings. The van der Waals surface area contributed by atoms with Crippen molar-refractivity contribution < 1.29 is 13.9 Å². The third-order valence-corrected chi connectivity index (χ3v) is 5.09. The molecule has 0 amide bonds. The molecule has 6 heteroatoms. The molecule has 0 aromatic heterocycles. The number of ether oxygens (including phenoxy) is 2. The highest BCUT2D eigenvalue weighted by molar-refractivity contribution is 6.32. The number of methoxy groups -OCH3 is 1. The number of benzene rings is 2. The maximum atomic E-state index is 14.0. The topological polar surface area (TPSA) is 30.5 Å². The number of hydrogen-bond acceptors (Lipinski definition) is 3. The molecule has 0 spiro atoms. The molecular weight excluding hydrogens is 412 g/mol. The van der Waals surface area contributed by atoms with Crippen molar-refractivity contribution in [3.8, 4) is 11.5 Å². The van der Waals surface area contributed by atoms with Crippen LogP contribution in [-0.4, -0.2) is 12.6 Å². The maximum absolute atomic E-state index is 14.0. The molecule has 3 nitrogen and oxygen atoms in total. The van der Waals surface area contributed by atoms with Gasteiger partial charge < -0.3 is 14.8 Å². The second-order valence-corrected chi connectivity index (χ2v) is 9.89. The van der Waals surface area contributed by atoms with E-state index in [0.717, 1.165) is 12.0 Å². The van der Waals surface area contributed by atoms with Gasteiger partial charge in [0.05, 0.1) is 17.2 Å². The van der Waals surface area contributed by atoms with Crippen LogP contribution >= 0.6 is 23.2 Å². The molecule has 0 aliphatic rings. The molecule has 0 aliphatic carbocycles. The second-order valence-electron chi connectivity index (χ2n) is 9.07. The molecule has 0 heterocycles. The van der Waals surface area contributed by atoms with Crippen LogP contribution in [0.5, 0.6) is 11.5 Å². The van der Waals surface area contributed by atoms with E-state index in [1.807, 2.05) is 12.1 Å². The van der Waals surface area contributed by atoms with Gasteiger partial charge in [0.2, 0.25) is 0 Å². The molecule has 160 valence electrons. The Morgan fingerprint density at radius 3 is 2.31 bits per heavy atom. The summed E-state index contributed by atoms with van der Waals surface area (Å²) in [5.41, 5.74) is 1.44. The summed E-state index contributed by atoms with van der Waals surface area (Å²) in [5.74, 6) is 0.441. The minimum Gasteiger partial charge on any atom is -0.493 e. The first kappa shape index (κ1) is 23.8. The normalized spacial score (nSPS) is 12.2. The van der Waals surface area contributed by atoms with E-state index in [4.69, 9.17) is 32.7 Å². The van der Waals surface area contributed by atoms with Gasteiger partial charge in [0.15, 0.2) is 11.5 Å². The SMILES string of the molecule is COc1cc(CNC(C)(C)CC(C)(C)C)cc(Cl)c1OCc1c(F)cccc1Cl. The molecule has 2 rings (SSSR count). The minimum absolute atomic E-state index is 0.0330. The summed E-state index contributed by atoms with van der Waals surface area (Å²) in [7, 11) is 1.55. The summed E-state index contributed by atoms with van der Waals surface area (Å²) in [6.07, 6.45) is 1.02. The predicted molar refractivity (Wildman–Crippen MR) is 119 cm³/mol. The third kappa shape index (κ3) is 7.06. The van der Waals surface area contributed by atoms with E-state index < -0.39 is 5.82 Å². The van der Waals surface area contributed by atoms with E-state index in [9.17, 15) is 4.39 Å². The lowest BCUT2D eigenvalue weighted by Gasteiger charge is -2.33. The van der Waals surface area contributed by atoms with E-state index in [1.54, 1.807) is 19.2 Å². The first-order chi connectivity index (χ1) is 13.4. The summed E-state index contributed by atoms with van der Waals surface area (Å²) in [4.78, 5) is 0. The summed E-state index contributed by atoms with van der Waals surface area (Å²) >= 11 is 12.5. The fraction of sp³-hybridized carbons (Fsp3) is 0.478. The van der Waals surface area contributed by atoms with Crippen molar-refractivity contribution in [1.82, 2.24) is 5.32 Å². The largest absolute Gasteiger partial charge is 0.493 e.